The number of fused-ring (bicyclic) bond motifs is 1. The number of pyridine rings is 1. The van der Waals surface area contributed by atoms with Gasteiger partial charge in [0.25, 0.3) is 5.56 Å². The molecular formula is C23H27N3O3S. The van der Waals surface area contributed by atoms with Crippen LogP contribution in [0.3, 0.4) is 0 Å². The summed E-state index contributed by atoms with van der Waals surface area (Å²) in [4.78, 5) is 17.9. The van der Waals surface area contributed by atoms with Crippen LogP contribution in [0.15, 0.2) is 45.8 Å². The van der Waals surface area contributed by atoms with E-state index in [-0.39, 0.29) is 11.7 Å². The second kappa shape index (κ2) is 9.02. The van der Waals surface area contributed by atoms with Crippen LogP contribution in [0.2, 0.25) is 0 Å². The summed E-state index contributed by atoms with van der Waals surface area (Å²) in [6.45, 7) is 6.43. The highest BCUT2D eigenvalue weighted by Gasteiger charge is 2.22. The summed E-state index contributed by atoms with van der Waals surface area (Å²) in [7, 11) is 0. The molecule has 158 valence electrons. The molecule has 0 amide bonds. The Morgan fingerprint density at radius 3 is 2.93 bits per heavy atom. The second-order valence-electron chi connectivity index (χ2n) is 7.85. The number of rotatable bonds is 6. The zero-order chi connectivity index (χ0) is 21.1. The summed E-state index contributed by atoms with van der Waals surface area (Å²) in [6.07, 6.45) is 3.82. The van der Waals surface area contributed by atoms with E-state index in [2.05, 4.69) is 22.4 Å². The van der Waals surface area contributed by atoms with Crippen molar-refractivity contribution in [3.63, 3.8) is 0 Å². The first-order valence-electron chi connectivity index (χ1n) is 10.3. The Hall–Kier alpha value is -2.64. The van der Waals surface area contributed by atoms with Crippen LogP contribution in [-0.2, 0) is 17.8 Å². The minimum absolute atomic E-state index is 0.0811. The van der Waals surface area contributed by atoms with Gasteiger partial charge >= 0.3 is 0 Å². The number of H-pyrrole nitrogens is 1. The largest absolute Gasteiger partial charge is 0.467 e. The van der Waals surface area contributed by atoms with Gasteiger partial charge in [-0.2, -0.15) is 0 Å². The van der Waals surface area contributed by atoms with E-state index in [1.54, 1.807) is 6.26 Å². The standard InChI is InChI=1S/C23H27N3O3S/c1-15-7-8-17-11-18(22(27)25-21(17)16(15)2)13-26(14-20-6-4-10-29-20)23(30)24-12-19-5-3-9-28-19/h3,5,7-9,11,20H,4,6,10,12-14H2,1-2H3,(H,24,30)(H,25,27)/t20-/m0/s1. The summed E-state index contributed by atoms with van der Waals surface area (Å²) < 4.78 is 11.2. The summed E-state index contributed by atoms with van der Waals surface area (Å²) in [5, 5.41) is 4.86. The number of benzene rings is 1. The molecule has 7 heteroatoms. The van der Waals surface area contributed by atoms with Crippen LogP contribution in [-0.4, -0.2) is 34.3 Å². The normalized spacial score (nSPS) is 16.1. The molecule has 2 aromatic heterocycles. The molecule has 0 unspecified atom stereocenters. The highest BCUT2D eigenvalue weighted by atomic mass is 32.1. The van der Waals surface area contributed by atoms with Crippen LogP contribution in [0, 0.1) is 13.8 Å². The van der Waals surface area contributed by atoms with Gasteiger partial charge in [-0.25, -0.2) is 0 Å². The van der Waals surface area contributed by atoms with E-state index in [0.717, 1.165) is 47.2 Å². The molecule has 3 heterocycles. The maximum atomic E-state index is 12.8. The lowest BCUT2D eigenvalue weighted by Crippen LogP contribution is -2.43. The summed E-state index contributed by atoms with van der Waals surface area (Å²) in [5.74, 6) is 0.809. The average Bonchev–Trinajstić information content (AvgIpc) is 3.44. The SMILES string of the molecule is Cc1ccc2cc(CN(C[C@@H]3CCCO3)C(=S)NCc3ccco3)c(=O)[nH]c2c1C. The second-order valence-corrected chi connectivity index (χ2v) is 8.24. The van der Waals surface area contributed by atoms with E-state index in [1.807, 2.05) is 36.9 Å². The minimum Gasteiger partial charge on any atom is -0.467 e. The maximum Gasteiger partial charge on any atom is 0.253 e. The monoisotopic (exact) mass is 425 g/mol. The highest BCUT2D eigenvalue weighted by molar-refractivity contribution is 7.80. The van der Waals surface area contributed by atoms with E-state index in [9.17, 15) is 4.79 Å². The van der Waals surface area contributed by atoms with Crippen LogP contribution in [0.5, 0.6) is 0 Å². The summed E-state index contributed by atoms with van der Waals surface area (Å²) >= 11 is 5.66. The molecule has 30 heavy (non-hydrogen) atoms. The van der Waals surface area contributed by atoms with Crippen molar-refractivity contribution in [2.24, 2.45) is 0 Å². The first-order chi connectivity index (χ1) is 14.5. The number of ether oxygens (including phenoxy) is 1. The van der Waals surface area contributed by atoms with Gasteiger partial charge < -0.3 is 24.4 Å². The number of furan rings is 1. The molecule has 3 aromatic rings. The van der Waals surface area contributed by atoms with Crippen molar-refractivity contribution >= 4 is 28.2 Å². The average molecular weight is 426 g/mol. The third-order valence-electron chi connectivity index (χ3n) is 5.72. The van der Waals surface area contributed by atoms with Crippen molar-refractivity contribution in [1.82, 2.24) is 15.2 Å². The first-order valence-corrected chi connectivity index (χ1v) is 10.7. The van der Waals surface area contributed by atoms with Gasteiger partial charge in [0, 0.05) is 18.7 Å². The number of nitrogens with one attached hydrogen (secondary N) is 2. The minimum atomic E-state index is -0.0811. The molecule has 2 N–H and O–H groups in total. The van der Waals surface area contributed by atoms with Crippen LogP contribution in [0.25, 0.3) is 10.9 Å². The van der Waals surface area contributed by atoms with Gasteiger partial charge in [-0.15, -0.1) is 0 Å². The molecule has 1 aromatic carbocycles. The lowest BCUT2D eigenvalue weighted by molar-refractivity contribution is 0.0896. The highest BCUT2D eigenvalue weighted by Crippen LogP contribution is 2.20. The topological polar surface area (TPSA) is 70.5 Å². The Bertz CT molecular complexity index is 1090. The number of nitrogens with zero attached hydrogens (tertiary/aromatic N) is 1. The van der Waals surface area contributed by atoms with E-state index in [0.29, 0.717) is 30.3 Å². The summed E-state index contributed by atoms with van der Waals surface area (Å²) in [5.41, 5.74) is 3.76. The number of aryl methyl sites for hydroxylation is 2. The molecule has 1 fully saturated rings. The third kappa shape index (κ3) is 4.57. The fourth-order valence-corrected chi connectivity index (χ4v) is 4.05. The van der Waals surface area contributed by atoms with Gasteiger partial charge in [-0.3, -0.25) is 4.79 Å². The van der Waals surface area contributed by atoms with Gasteiger partial charge in [0.1, 0.15) is 5.76 Å². The predicted molar refractivity (Wildman–Crippen MR) is 122 cm³/mol. The van der Waals surface area contributed by atoms with E-state index in [1.165, 1.54) is 0 Å². The summed E-state index contributed by atoms with van der Waals surface area (Å²) in [6, 6.07) is 9.85. The van der Waals surface area contributed by atoms with Gasteiger partial charge in [0.05, 0.1) is 31.0 Å². The van der Waals surface area contributed by atoms with Crippen LogP contribution >= 0.6 is 12.2 Å². The number of aromatic nitrogens is 1. The van der Waals surface area contributed by atoms with Crippen LogP contribution in [0.1, 0.15) is 35.3 Å². The zero-order valence-corrected chi connectivity index (χ0v) is 18.2. The van der Waals surface area contributed by atoms with Gasteiger partial charge in [-0.1, -0.05) is 12.1 Å². The first kappa shape index (κ1) is 20.6. The van der Waals surface area contributed by atoms with Gasteiger partial charge in [-0.05, 0) is 73.6 Å². The molecule has 6 nitrogen and oxygen atoms in total. The molecule has 0 saturated carbocycles. The van der Waals surface area contributed by atoms with Crippen molar-refractivity contribution in [3.8, 4) is 0 Å². The van der Waals surface area contributed by atoms with Crippen molar-refractivity contribution in [1.29, 1.82) is 0 Å². The third-order valence-corrected chi connectivity index (χ3v) is 6.12. The number of hydrogen-bond donors (Lipinski definition) is 2. The fraction of sp³-hybridized carbons (Fsp3) is 0.391. The van der Waals surface area contributed by atoms with Crippen molar-refractivity contribution < 1.29 is 9.15 Å². The lowest BCUT2D eigenvalue weighted by Gasteiger charge is -2.28. The molecule has 1 aliphatic rings. The molecule has 0 spiro atoms. The predicted octanol–water partition coefficient (Wildman–Crippen LogP) is 3.79. The molecule has 0 aliphatic carbocycles. The van der Waals surface area contributed by atoms with Crippen LogP contribution < -0.4 is 10.9 Å². The molecule has 0 radical (unpaired) electrons. The molecule has 1 atom stereocenters. The van der Waals surface area contributed by atoms with Crippen molar-refractivity contribution in [2.75, 3.05) is 13.2 Å². The number of hydrogen-bond acceptors (Lipinski definition) is 4. The fourth-order valence-electron chi connectivity index (χ4n) is 3.83. The Kier molecular flexibility index (Phi) is 6.20. The molecule has 0 bridgehead atoms. The van der Waals surface area contributed by atoms with Gasteiger partial charge in [0.2, 0.25) is 0 Å². The molecule has 1 aliphatic heterocycles. The van der Waals surface area contributed by atoms with E-state index < -0.39 is 0 Å². The smallest absolute Gasteiger partial charge is 0.253 e. The Morgan fingerprint density at radius 2 is 2.20 bits per heavy atom. The Balaban J connectivity index is 1.57. The van der Waals surface area contributed by atoms with Crippen molar-refractivity contribution in [2.45, 2.75) is 45.9 Å². The molecular weight excluding hydrogens is 398 g/mol. The van der Waals surface area contributed by atoms with Crippen molar-refractivity contribution in [3.05, 3.63) is 69.4 Å². The van der Waals surface area contributed by atoms with E-state index in [4.69, 9.17) is 21.4 Å². The Labute approximate surface area is 181 Å². The zero-order valence-electron chi connectivity index (χ0n) is 17.4. The molecule has 4 rings (SSSR count). The van der Waals surface area contributed by atoms with Crippen LogP contribution in [0.4, 0.5) is 0 Å². The number of aromatic amines is 1. The van der Waals surface area contributed by atoms with E-state index >= 15 is 0 Å². The number of thiocarbonyl (C=S) groups is 1. The lowest BCUT2D eigenvalue weighted by atomic mass is 10.0. The quantitative estimate of drug-likeness (QED) is 0.586. The Morgan fingerprint density at radius 1 is 1.33 bits per heavy atom. The van der Waals surface area contributed by atoms with Gasteiger partial charge in [0.15, 0.2) is 5.11 Å². The maximum absolute atomic E-state index is 12.8. The molecule has 1 saturated heterocycles.